The molecule has 1 amide bonds. The van der Waals surface area contributed by atoms with E-state index >= 15 is 0 Å². The molecule has 0 aromatic heterocycles. The molecule has 1 aliphatic heterocycles. The molecule has 5 nitrogen and oxygen atoms in total. The highest BCUT2D eigenvalue weighted by Gasteiger charge is 2.31. The maximum Gasteiger partial charge on any atom is 0.227 e. The van der Waals surface area contributed by atoms with Crippen molar-refractivity contribution in [1.82, 2.24) is 9.21 Å². The number of hydrogen-bond acceptors (Lipinski definition) is 3. The van der Waals surface area contributed by atoms with Gasteiger partial charge in [-0.3, -0.25) is 4.79 Å². The number of hydrogen-bond donors (Lipinski definition) is 0. The van der Waals surface area contributed by atoms with E-state index in [1.54, 1.807) is 11.9 Å². The van der Waals surface area contributed by atoms with Gasteiger partial charge in [0.25, 0.3) is 0 Å². The number of fused-ring (bicyclic) bond motifs is 1. The second-order valence-corrected chi connectivity index (χ2v) is 8.78. The molecular formula is C19H24N2O3S. The quantitative estimate of drug-likeness (QED) is 0.842. The van der Waals surface area contributed by atoms with Crippen molar-refractivity contribution in [2.45, 2.75) is 19.4 Å². The number of rotatable bonds is 4. The lowest BCUT2D eigenvalue weighted by Gasteiger charge is -2.32. The molecule has 1 aliphatic rings. The van der Waals surface area contributed by atoms with Crippen LogP contribution in [0.1, 0.15) is 18.4 Å². The first kappa shape index (κ1) is 17.9. The van der Waals surface area contributed by atoms with Crippen molar-refractivity contribution >= 4 is 26.7 Å². The third-order valence-electron chi connectivity index (χ3n) is 4.87. The maximum atomic E-state index is 12.8. The van der Waals surface area contributed by atoms with Gasteiger partial charge in [-0.15, -0.1) is 0 Å². The molecule has 6 heteroatoms. The van der Waals surface area contributed by atoms with E-state index in [-0.39, 0.29) is 18.4 Å². The van der Waals surface area contributed by atoms with Crippen molar-refractivity contribution in [2.75, 3.05) is 26.4 Å². The van der Waals surface area contributed by atoms with Crippen LogP contribution in [-0.2, 0) is 21.4 Å². The molecule has 1 fully saturated rings. The highest BCUT2D eigenvalue weighted by Crippen LogP contribution is 2.23. The largest absolute Gasteiger partial charge is 0.341 e. The summed E-state index contributed by atoms with van der Waals surface area (Å²) < 4.78 is 24.9. The Morgan fingerprint density at radius 2 is 1.92 bits per heavy atom. The summed E-state index contributed by atoms with van der Waals surface area (Å²) in [6.07, 6.45) is 2.68. The molecule has 2 aromatic rings. The smallest absolute Gasteiger partial charge is 0.227 e. The van der Waals surface area contributed by atoms with Crippen molar-refractivity contribution < 1.29 is 13.2 Å². The normalized spacial score (nSPS) is 19.0. The Kier molecular flexibility index (Phi) is 5.11. The number of carbonyl (C=O) groups excluding carboxylic acids is 1. The summed E-state index contributed by atoms with van der Waals surface area (Å²) in [7, 11) is -1.45. The SMILES string of the molecule is CN(Cc1cccc2ccccc12)C(=O)C1CCCN(S(C)(=O)=O)C1. The molecule has 0 radical (unpaired) electrons. The van der Waals surface area contributed by atoms with Gasteiger partial charge in [0.1, 0.15) is 0 Å². The minimum absolute atomic E-state index is 0.0151. The third kappa shape index (κ3) is 4.02. The Morgan fingerprint density at radius 1 is 1.20 bits per heavy atom. The molecule has 134 valence electrons. The van der Waals surface area contributed by atoms with E-state index < -0.39 is 10.0 Å². The number of piperidine rings is 1. The topological polar surface area (TPSA) is 57.7 Å². The van der Waals surface area contributed by atoms with Crippen LogP contribution in [0, 0.1) is 5.92 Å². The van der Waals surface area contributed by atoms with Gasteiger partial charge in [0.15, 0.2) is 0 Å². The molecular weight excluding hydrogens is 336 g/mol. The number of sulfonamides is 1. The van der Waals surface area contributed by atoms with Crippen LogP contribution in [0.15, 0.2) is 42.5 Å². The van der Waals surface area contributed by atoms with Crippen LogP contribution in [-0.4, -0.2) is 49.9 Å². The number of nitrogens with zero attached hydrogens (tertiary/aromatic N) is 2. The lowest BCUT2D eigenvalue weighted by atomic mass is 9.97. The van der Waals surface area contributed by atoms with E-state index in [0.29, 0.717) is 13.1 Å². The average Bonchev–Trinajstić information content (AvgIpc) is 2.61. The van der Waals surface area contributed by atoms with Gasteiger partial charge in [-0.2, -0.15) is 0 Å². The Bertz CT molecular complexity index is 874. The van der Waals surface area contributed by atoms with Crippen LogP contribution in [0.25, 0.3) is 10.8 Å². The van der Waals surface area contributed by atoms with Crippen LogP contribution in [0.4, 0.5) is 0 Å². The Hall–Kier alpha value is -1.92. The fraction of sp³-hybridized carbons (Fsp3) is 0.421. The Morgan fingerprint density at radius 3 is 2.68 bits per heavy atom. The van der Waals surface area contributed by atoms with Crippen molar-refractivity contribution in [3.05, 3.63) is 48.0 Å². The minimum Gasteiger partial charge on any atom is -0.341 e. The second-order valence-electron chi connectivity index (χ2n) is 6.79. The summed E-state index contributed by atoms with van der Waals surface area (Å²) in [5.74, 6) is -0.246. The van der Waals surface area contributed by atoms with E-state index in [2.05, 4.69) is 18.2 Å². The molecule has 0 saturated carbocycles. The maximum absolute atomic E-state index is 12.8. The van der Waals surface area contributed by atoms with Gasteiger partial charge in [0.05, 0.1) is 12.2 Å². The summed E-state index contributed by atoms with van der Waals surface area (Å²) in [5, 5.41) is 2.30. The molecule has 0 bridgehead atoms. The Balaban J connectivity index is 1.74. The summed E-state index contributed by atoms with van der Waals surface area (Å²) >= 11 is 0. The number of carbonyl (C=O) groups is 1. The van der Waals surface area contributed by atoms with Gasteiger partial charge in [-0.25, -0.2) is 12.7 Å². The zero-order valence-electron chi connectivity index (χ0n) is 14.7. The monoisotopic (exact) mass is 360 g/mol. The predicted octanol–water partition coefficient (Wildman–Crippen LogP) is 2.47. The fourth-order valence-electron chi connectivity index (χ4n) is 3.52. The molecule has 3 rings (SSSR count). The summed E-state index contributed by atoms with van der Waals surface area (Å²) in [5.41, 5.74) is 1.10. The van der Waals surface area contributed by atoms with Gasteiger partial charge in [-0.05, 0) is 29.2 Å². The van der Waals surface area contributed by atoms with Gasteiger partial charge in [-0.1, -0.05) is 42.5 Å². The summed E-state index contributed by atoms with van der Waals surface area (Å²) in [6.45, 7) is 1.32. The summed E-state index contributed by atoms with van der Waals surface area (Å²) in [4.78, 5) is 14.5. The molecule has 0 aliphatic carbocycles. The van der Waals surface area contributed by atoms with E-state index in [4.69, 9.17) is 0 Å². The van der Waals surface area contributed by atoms with Gasteiger partial charge in [0.2, 0.25) is 15.9 Å². The molecule has 1 unspecified atom stereocenters. The molecule has 2 aromatic carbocycles. The summed E-state index contributed by atoms with van der Waals surface area (Å²) in [6, 6.07) is 14.2. The highest BCUT2D eigenvalue weighted by molar-refractivity contribution is 7.88. The minimum atomic E-state index is -3.24. The van der Waals surface area contributed by atoms with E-state index in [1.807, 2.05) is 24.3 Å². The van der Waals surface area contributed by atoms with Crippen molar-refractivity contribution in [3.8, 4) is 0 Å². The van der Waals surface area contributed by atoms with Crippen molar-refractivity contribution in [2.24, 2.45) is 5.92 Å². The first-order valence-electron chi connectivity index (χ1n) is 8.53. The van der Waals surface area contributed by atoms with E-state index in [1.165, 1.54) is 10.6 Å². The van der Waals surface area contributed by atoms with Gasteiger partial charge < -0.3 is 4.90 Å². The van der Waals surface area contributed by atoms with Gasteiger partial charge >= 0.3 is 0 Å². The molecule has 1 heterocycles. The third-order valence-corrected chi connectivity index (χ3v) is 6.14. The molecule has 25 heavy (non-hydrogen) atoms. The zero-order chi connectivity index (χ0) is 18.0. The molecule has 1 saturated heterocycles. The van der Waals surface area contributed by atoms with E-state index in [0.717, 1.165) is 29.2 Å². The van der Waals surface area contributed by atoms with Gasteiger partial charge in [0, 0.05) is 26.7 Å². The lowest BCUT2D eigenvalue weighted by molar-refractivity contribution is -0.135. The van der Waals surface area contributed by atoms with Crippen LogP contribution in [0.2, 0.25) is 0 Å². The Labute approximate surface area is 149 Å². The van der Waals surface area contributed by atoms with Crippen molar-refractivity contribution in [3.63, 3.8) is 0 Å². The second kappa shape index (κ2) is 7.14. The predicted molar refractivity (Wildman–Crippen MR) is 99.6 cm³/mol. The van der Waals surface area contributed by atoms with E-state index in [9.17, 15) is 13.2 Å². The van der Waals surface area contributed by atoms with Crippen LogP contribution < -0.4 is 0 Å². The molecule has 0 N–H and O–H groups in total. The molecule has 0 spiro atoms. The standard InChI is InChI=1S/C19H24N2O3S/c1-20(13-16-9-5-8-15-7-3-4-11-18(15)16)19(22)17-10-6-12-21(14-17)25(2,23)24/h3-5,7-9,11,17H,6,10,12-14H2,1-2H3. The zero-order valence-corrected chi connectivity index (χ0v) is 15.5. The van der Waals surface area contributed by atoms with Crippen LogP contribution in [0.5, 0.6) is 0 Å². The lowest BCUT2D eigenvalue weighted by Crippen LogP contribution is -2.45. The number of benzene rings is 2. The first-order chi connectivity index (χ1) is 11.9. The number of amides is 1. The fourth-order valence-corrected chi connectivity index (χ4v) is 4.43. The molecule has 1 atom stereocenters. The van der Waals surface area contributed by atoms with Crippen LogP contribution >= 0.6 is 0 Å². The highest BCUT2D eigenvalue weighted by atomic mass is 32.2. The first-order valence-corrected chi connectivity index (χ1v) is 10.4. The average molecular weight is 360 g/mol. The van der Waals surface area contributed by atoms with Crippen molar-refractivity contribution in [1.29, 1.82) is 0 Å². The van der Waals surface area contributed by atoms with Crippen LogP contribution in [0.3, 0.4) is 0 Å².